The Morgan fingerprint density at radius 3 is 1.94 bits per heavy atom. The van der Waals surface area contributed by atoms with Gasteiger partial charge < -0.3 is 25.7 Å². The van der Waals surface area contributed by atoms with Gasteiger partial charge >= 0.3 is 19.5 Å². The quantitative estimate of drug-likeness (QED) is 0.364. The largest absolute Gasteiger partial charge is 0.481 e. The molecule has 0 spiro atoms. The first-order chi connectivity index (χ1) is 7.21. The molecule has 9 heteroatoms. The van der Waals surface area contributed by atoms with Crippen molar-refractivity contribution in [3.05, 3.63) is 0 Å². The minimum absolute atomic E-state index is 0.122. The summed E-state index contributed by atoms with van der Waals surface area (Å²) in [5.74, 6) is -5.01. The van der Waals surface area contributed by atoms with Crippen LogP contribution >= 0.6 is 7.60 Å². The predicted molar refractivity (Wildman–Crippen MR) is 52.9 cm³/mol. The normalized spacial score (nSPS) is 15.4. The molecule has 0 aromatic carbocycles. The second-order valence-electron chi connectivity index (χ2n) is 3.25. The molecule has 0 aromatic rings. The zero-order chi connectivity index (χ0) is 12.9. The lowest BCUT2D eigenvalue weighted by atomic mass is 9.99. The molecule has 2 unspecified atom stereocenters. The lowest BCUT2D eigenvalue weighted by Gasteiger charge is -2.20. The molecular formula is C7H14NO7P. The highest BCUT2D eigenvalue weighted by Crippen LogP contribution is 2.46. The van der Waals surface area contributed by atoms with Gasteiger partial charge in [0.25, 0.3) is 0 Å². The van der Waals surface area contributed by atoms with Crippen LogP contribution in [0.25, 0.3) is 0 Å². The Kier molecular flexibility index (Phi) is 5.60. The van der Waals surface area contributed by atoms with Gasteiger partial charge in [-0.3, -0.25) is 14.2 Å². The van der Waals surface area contributed by atoms with E-state index in [0.717, 1.165) is 0 Å². The van der Waals surface area contributed by atoms with E-state index in [1.807, 2.05) is 0 Å². The first-order valence-corrected chi connectivity index (χ1v) is 6.10. The van der Waals surface area contributed by atoms with E-state index in [1.54, 1.807) is 0 Å². The average Bonchev–Trinajstić information content (AvgIpc) is 2.08. The first-order valence-electron chi connectivity index (χ1n) is 4.42. The minimum atomic E-state index is -5.00. The molecule has 0 aliphatic carbocycles. The summed E-state index contributed by atoms with van der Waals surface area (Å²) in [6.45, 7) is 0.122. The van der Waals surface area contributed by atoms with Crippen molar-refractivity contribution in [3.63, 3.8) is 0 Å². The Morgan fingerprint density at radius 2 is 1.69 bits per heavy atom. The average molecular weight is 255 g/mol. The Hall–Kier alpha value is -0.950. The molecule has 0 aromatic heterocycles. The minimum Gasteiger partial charge on any atom is -0.481 e. The number of aliphatic carboxylic acids is 2. The molecule has 16 heavy (non-hydrogen) atoms. The van der Waals surface area contributed by atoms with Crippen LogP contribution in [0.4, 0.5) is 0 Å². The monoisotopic (exact) mass is 255 g/mol. The third-order valence-corrected chi connectivity index (χ3v) is 3.34. The summed E-state index contributed by atoms with van der Waals surface area (Å²) in [6, 6.07) is 0. The van der Waals surface area contributed by atoms with Crippen LogP contribution in [-0.2, 0) is 14.2 Å². The van der Waals surface area contributed by atoms with Gasteiger partial charge in [-0.25, -0.2) is 0 Å². The molecule has 0 saturated carbocycles. The summed E-state index contributed by atoms with van der Waals surface area (Å²) in [5, 5.41) is 17.4. The van der Waals surface area contributed by atoms with Gasteiger partial charge in [0.1, 0.15) is 0 Å². The van der Waals surface area contributed by atoms with Crippen molar-refractivity contribution in [2.24, 2.45) is 11.7 Å². The fourth-order valence-corrected chi connectivity index (χ4v) is 2.34. The molecule has 0 fully saturated rings. The standard InChI is InChI=1S/C7H14NO7P/c8-3-1-2-4(6(9)10)5(7(11)12)16(13,14)15/h4-5H,1-3,8H2,(H,9,10)(H,11,12)(H2,13,14,15). The lowest BCUT2D eigenvalue weighted by Crippen LogP contribution is -2.35. The molecule has 2 atom stereocenters. The van der Waals surface area contributed by atoms with E-state index in [1.165, 1.54) is 0 Å². The summed E-state index contributed by atoms with van der Waals surface area (Å²) in [7, 11) is -5.00. The fraction of sp³-hybridized carbons (Fsp3) is 0.714. The van der Waals surface area contributed by atoms with Crippen LogP contribution in [0.15, 0.2) is 0 Å². The van der Waals surface area contributed by atoms with Crippen LogP contribution in [0.1, 0.15) is 12.8 Å². The number of rotatable bonds is 7. The number of hydrogen-bond acceptors (Lipinski definition) is 4. The van der Waals surface area contributed by atoms with Gasteiger partial charge in [0.05, 0.1) is 5.92 Å². The summed E-state index contributed by atoms with van der Waals surface area (Å²) in [4.78, 5) is 39.0. The molecular weight excluding hydrogens is 241 g/mol. The van der Waals surface area contributed by atoms with Gasteiger partial charge in [-0.1, -0.05) is 0 Å². The van der Waals surface area contributed by atoms with Gasteiger partial charge in [-0.05, 0) is 19.4 Å². The molecule has 8 nitrogen and oxygen atoms in total. The molecule has 0 amide bonds. The van der Waals surface area contributed by atoms with E-state index in [2.05, 4.69) is 0 Å². The Labute approximate surface area is 91.2 Å². The first kappa shape index (κ1) is 15.0. The maximum absolute atomic E-state index is 10.9. The second kappa shape index (κ2) is 5.95. The summed E-state index contributed by atoms with van der Waals surface area (Å²) < 4.78 is 10.9. The highest BCUT2D eigenvalue weighted by Gasteiger charge is 2.45. The molecule has 0 bridgehead atoms. The molecule has 0 radical (unpaired) electrons. The van der Waals surface area contributed by atoms with Crippen molar-refractivity contribution in [3.8, 4) is 0 Å². The van der Waals surface area contributed by atoms with Crippen molar-refractivity contribution in [2.75, 3.05) is 6.54 Å². The van der Waals surface area contributed by atoms with E-state index in [0.29, 0.717) is 0 Å². The number of carbonyl (C=O) groups is 2. The predicted octanol–water partition coefficient (Wildman–Crippen LogP) is -0.943. The number of carboxylic acids is 2. The zero-order valence-corrected chi connectivity index (χ0v) is 9.21. The van der Waals surface area contributed by atoms with Gasteiger partial charge in [-0.15, -0.1) is 0 Å². The fourth-order valence-electron chi connectivity index (χ4n) is 1.30. The Morgan fingerprint density at radius 1 is 1.19 bits per heavy atom. The van der Waals surface area contributed by atoms with Crippen LogP contribution < -0.4 is 5.73 Å². The van der Waals surface area contributed by atoms with E-state index < -0.39 is 31.1 Å². The third kappa shape index (κ3) is 4.28. The van der Waals surface area contributed by atoms with Gasteiger partial charge in [0.2, 0.25) is 0 Å². The molecule has 0 saturated heterocycles. The van der Waals surface area contributed by atoms with Crippen molar-refractivity contribution in [1.29, 1.82) is 0 Å². The summed E-state index contributed by atoms with van der Waals surface area (Å²) in [6.07, 6.45) is -0.00530. The van der Waals surface area contributed by atoms with Gasteiger partial charge in [0, 0.05) is 0 Å². The molecule has 94 valence electrons. The highest BCUT2D eigenvalue weighted by atomic mass is 31.2. The molecule has 0 rings (SSSR count). The van der Waals surface area contributed by atoms with E-state index in [9.17, 15) is 14.2 Å². The Balaban J connectivity index is 5.04. The lowest BCUT2D eigenvalue weighted by molar-refractivity contribution is -0.148. The van der Waals surface area contributed by atoms with E-state index >= 15 is 0 Å². The van der Waals surface area contributed by atoms with Crippen LogP contribution in [0.3, 0.4) is 0 Å². The van der Waals surface area contributed by atoms with Crippen LogP contribution in [0.2, 0.25) is 0 Å². The maximum Gasteiger partial charge on any atom is 0.340 e. The smallest absolute Gasteiger partial charge is 0.340 e. The molecule has 0 heterocycles. The SMILES string of the molecule is NCCCC(C(=O)O)C(C(=O)O)P(=O)(O)O. The van der Waals surface area contributed by atoms with Crippen LogP contribution in [0, 0.1) is 5.92 Å². The zero-order valence-electron chi connectivity index (χ0n) is 8.31. The highest BCUT2D eigenvalue weighted by molar-refractivity contribution is 7.53. The third-order valence-electron chi connectivity index (χ3n) is 2.03. The van der Waals surface area contributed by atoms with E-state index in [4.69, 9.17) is 25.7 Å². The number of nitrogens with two attached hydrogens (primary N) is 1. The molecule has 6 N–H and O–H groups in total. The second-order valence-corrected chi connectivity index (χ2v) is 4.98. The van der Waals surface area contributed by atoms with Crippen molar-refractivity contribution in [1.82, 2.24) is 0 Å². The number of carboxylic acid groups (broad SMARTS) is 2. The van der Waals surface area contributed by atoms with Crippen molar-refractivity contribution in [2.45, 2.75) is 18.5 Å². The van der Waals surface area contributed by atoms with Gasteiger partial charge in [0.15, 0.2) is 5.66 Å². The Bertz CT molecular complexity index is 312. The topological polar surface area (TPSA) is 158 Å². The maximum atomic E-state index is 10.9. The van der Waals surface area contributed by atoms with Gasteiger partial charge in [-0.2, -0.15) is 0 Å². The van der Waals surface area contributed by atoms with Crippen LogP contribution in [-0.4, -0.2) is 44.1 Å². The number of hydrogen-bond donors (Lipinski definition) is 5. The summed E-state index contributed by atoms with van der Waals surface area (Å²) in [5.41, 5.74) is 2.90. The summed E-state index contributed by atoms with van der Waals surface area (Å²) >= 11 is 0. The molecule has 0 aliphatic rings. The molecule has 0 aliphatic heterocycles. The van der Waals surface area contributed by atoms with Crippen LogP contribution in [0.5, 0.6) is 0 Å². The van der Waals surface area contributed by atoms with Crippen molar-refractivity contribution < 1.29 is 34.2 Å². The van der Waals surface area contributed by atoms with Crippen molar-refractivity contribution >= 4 is 19.5 Å². The van der Waals surface area contributed by atoms with E-state index in [-0.39, 0.29) is 19.4 Å².